The lowest BCUT2D eigenvalue weighted by Crippen LogP contribution is -2.10. The van der Waals surface area contributed by atoms with Crippen molar-refractivity contribution in [2.24, 2.45) is 0 Å². The summed E-state index contributed by atoms with van der Waals surface area (Å²) in [4.78, 5) is 14.7. The summed E-state index contributed by atoms with van der Waals surface area (Å²) in [7, 11) is 0. The molecule has 0 aliphatic heterocycles. The van der Waals surface area contributed by atoms with E-state index in [1.807, 2.05) is 6.92 Å². The Labute approximate surface area is 103 Å². The van der Waals surface area contributed by atoms with E-state index in [1.54, 1.807) is 25.1 Å². The first kappa shape index (κ1) is 12.0. The van der Waals surface area contributed by atoms with Gasteiger partial charge in [0.25, 0.3) is 5.69 Å². The summed E-state index contributed by atoms with van der Waals surface area (Å²) in [5.74, 6) is 0.630. The van der Waals surface area contributed by atoms with Gasteiger partial charge in [-0.3, -0.25) is 15.2 Å². The highest BCUT2D eigenvalue weighted by Crippen LogP contribution is 2.30. The summed E-state index contributed by atoms with van der Waals surface area (Å²) < 4.78 is 0. The van der Waals surface area contributed by atoms with Crippen molar-refractivity contribution in [1.82, 2.24) is 15.2 Å². The first-order valence-corrected chi connectivity index (χ1v) is 5.45. The second-order valence-corrected chi connectivity index (χ2v) is 3.96. The Morgan fingerprint density at radius 2 is 2.28 bits per heavy atom. The smallest absolute Gasteiger partial charge is 0.295 e. The lowest BCUT2D eigenvalue weighted by atomic mass is 10.1. The van der Waals surface area contributed by atoms with Crippen molar-refractivity contribution in [3.05, 3.63) is 46.0 Å². The number of hydrogen-bond donors (Lipinski definition) is 2. The van der Waals surface area contributed by atoms with Gasteiger partial charge in [-0.15, -0.1) is 0 Å². The quantitative estimate of drug-likeness (QED) is 0.637. The van der Waals surface area contributed by atoms with Crippen LogP contribution in [0.4, 0.5) is 11.4 Å². The number of aromatic nitrogens is 3. The van der Waals surface area contributed by atoms with E-state index >= 15 is 0 Å². The van der Waals surface area contributed by atoms with Crippen LogP contribution in [-0.4, -0.2) is 20.1 Å². The molecule has 2 aromatic rings. The summed E-state index contributed by atoms with van der Waals surface area (Å²) in [5.41, 5.74) is 1.18. The molecule has 0 aliphatic carbocycles. The minimum atomic E-state index is -0.384. The number of nitro benzene ring substituents is 1. The zero-order valence-corrected chi connectivity index (χ0v) is 10.0. The average Bonchev–Trinajstić information content (AvgIpc) is 2.81. The maximum Gasteiger partial charge on any atom is 0.295 e. The van der Waals surface area contributed by atoms with Gasteiger partial charge in [0.1, 0.15) is 17.8 Å². The van der Waals surface area contributed by atoms with Gasteiger partial charge in [0.2, 0.25) is 0 Å². The Morgan fingerprint density at radius 3 is 2.89 bits per heavy atom. The van der Waals surface area contributed by atoms with Gasteiger partial charge in [0, 0.05) is 5.56 Å². The van der Waals surface area contributed by atoms with Crippen molar-refractivity contribution in [2.45, 2.75) is 19.9 Å². The van der Waals surface area contributed by atoms with Crippen molar-refractivity contribution >= 4 is 11.4 Å². The van der Waals surface area contributed by atoms with E-state index in [2.05, 4.69) is 20.5 Å². The molecule has 94 valence electrons. The first-order valence-electron chi connectivity index (χ1n) is 5.45. The lowest BCUT2D eigenvalue weighted by Gasteiger charge is -2.13. The van der Waals surface area contributed by atoms with Crippen LogP contribution >= 0.6 is 0 Å². The number of aryl methyl sites for hydroxylation is 1. The number of rotatable bonds is 4. The number of hydrogen-bond acceptors (Lipinski definition) is 5. The average molecular weight is 247 g/mol. The molecule has 0 spiro atoms. The van der Waals surface area contributed by atoms with E-state index in [0.717, 1.165) is 0 Å². The fourth-order valence-corrected chi connectivity index (χ4v) is 1.74. The number of para-hydroxylation sites is 1. The molecule has 0 bridgehead atoms. The molecule has 7 nitrogen and oxygen atoms in total. The van der Waals surface area contributed by atoms with Gasteiger partial charge in [-0.05, 0) is 19.9 Å². The van der Waals surface area contributed by atoms with Crippen molar-refractivity contribution in [1.29, 1.82) is 0 Å². The molecule has 1 aromatic heterocycles. The van der Waals surface area contributed by atoms with Crippen molar-refractivity contribution < 1.29 is 4.92 Å². The summed E-state index contributed by atoms with van der Waals surface area (Å²) in [6, 6.07) is 4.98. The largest absolute Gasteiger partial charge is 0.370 e. The molecule has 1 atom stereocenters. The van der Waals surface area contributed by atoms with Gasteiger partial charge in [-0.2, -0.15) is 5.10 Å². The Bertz CT molecular complexity index is 553. The third-order valence-electron chi connectivity index (χ3n) is 2.64. The predicted molar refractivity (Wildman–Crippen MR) is 66.3 cm³/mol. The minimum Gasteiger partial charge on any atom is -0.370 e. The first-order chi connectivity index (χ1) is 8.59. The van der Waals surface area contributed by atoms with Crippen LogP contribution in [0.3, 0.4) is 0 Å². The summed E-state index contributed by atoms with van der Waals surface area (Å²) in [5, 5.41) is 20.6. The predicted octanol–water partition coefficient (Wildman–Crippen LogP) is 2.19. The molecular formula is C11H13N5O2. The van der Waals surface area contributed by atoms with Crippen molar-refractivity contribution in [3.8, 4) is 0 Å². The van der Waals surface area contributed by atoms with E-state index < -0.39 is 0 Å². The van der Waals surface area contributed by atoms with Crippen LogP contribution in [0.15, 0.2) is 24.5 Å². The monoisotopic (exact) mass is 247 g/mol. The maximum absolute atomic E-state index is 11.0. The molecule has 0 amide bonds. The topological polar surface area (TPSA) is 96.7 Å². The SMILES string of the molecule is Cc1cccc(NC(C)c2ncn[nH]2)c1[N+](=O)[O-]. The number of anilines is 1. The molecule has 18 heavy (non-hydrogen) atoms. The zero-order chi connectivity index (χ0) is 13.1. The van der Waals surface area contributed by atoms with Crippen LogP contribution in [0.25, 0.3) is 0 Å². The molecule has 7 heteroatoms. The fourth-order valence-electron chi connectivity index (χ4n) is 1.74. The Balaban J connectivity index is 2.29. The van der Waals surface area contributed by atoms with Gasteiger partial charge < -0.3 is 5.32 Å². The van der Waals surface area contributed by atoms with Crippen molar-refractivity contribution in [3.63, 3.8) is 0 Å². The summed E-state index contributed by atoms with van der Waals surface area (Å²) in [6.45, 7) is 3.56. The number of nitrogens with one attached hydrogen (secondary N) is 2. The van der Waals surface area contributed by atoms with E-state index in [9.17, 15) is 10.1 Å². The van der Waals surface area contributed by atoms with Crippen LogP contribution in [0.2, 0.25) is 0 Å². The molecule has 1 unspecified atom stereocenters. The van der Waals surface area contributed by atoms with Crippen LogP contribution in [-0.2, 0) is 0 Å². The van der Waals surface area contributed by atoms with Gasteiger partial charge in [-0.1, -0.05) is 12.1 Å². The molecule has 1 aromatic carbocycles. The molecule has 2 N–H and O–H groups in total. The molecular weight excluding hydrogens is 234 g/mol. The molecule has 1 heterocycles. The second kappa shape index (κ2) is 4.82. The lowest BCUT2D eigenvalue weighted by molar-refractivity contribution is -0.384. The maximum atomic E-state index is 11.0. The molecule has 0 aliphatic rings. The number of aromatic amines is 1. The molecule has 0 radical (unpaired) electrons. The normalized spacial score (nSPS) is 12.1. The van der Waals surface area contributed by atoms with Crippen LogP contribution in [0.1, 0.15) is 24.4 Å². The Morgan fingerprint density at radius 1 is 1.50 bits per heavy atom. The number of H-pyrrole nitrogens is 1. The highest BCUT2D eigenvalue weighted by molar-refractivity contribution is 5.65. The number of nitro groups is 1. The third-order valence-corrected chi connectivity index (χ3v) is 2.64. The number of nitrogens with zero attached hydrogens (tertiary/aromatic N) is 3. The van der Waals surface area contributed by atoms with E-state index in [4.69, 9.17) is 0 Å². The molecule has 0 saturated carbocycles. The highest BCUT2D eigenvalue weighted by Gasteiger charge is 2.19. The highest BCUT2D eigenvalue weighted by atomic mass is 16.6. The summed E-state index contributed by atoms with van der Waals surface area (Å²) >= 11 is 0. The van der Waals surface area contributed by atoms with Crippen LogP contribution in [0, 0.1) is 17.0 Å². The Hall–Kier alpha value is -2.44. The molecule has 0 saturated heterocycles. The molecule has 0 fully saturated rings. The number of benzene rings is 1. The van der Waals surface area contributed by atoms with E-state index in [-0.39, 0.29) is 16.7 Å². The van der Waals surface area contributed by atoms with Gasteiger partial charge in [0.05, 0.1) is 11.0 Å². The summed E-state index contributed by atoms with van der Waals surface area (Å²) in [6.07, 6.45) is 1.40. The standard InChI is InChI=1S/C11H13N5O2/c1-7-4-3-5-9(10(7)16(17)18)14-8(2)11-12-6-13-15-11/h3-6,8,14H,1-2H3,(H,12,13,15). The fraction of sp³-hybridized carbons (Fsp3) is 0.273. The van der Waals surface area contributed by atoms with Gasteiger partial charge >= 0.3 is 0 Å². The molecule has 2 rings (SSSR count). The van der Waals surface area contributed by atoms with E-state index in [1.165, 1.54) is 6.33 Å². The Kier molecular flexibility index (Phi) is 3.22. The zero-order valence-electron chi connectivity index (χ0n) is 10.0. The minimum absolute atomic E-state index is 0.0869. The van der Waals surface area contributed by atoms with Gasteiger partial charge in [-0.25, -0.2) is 4.98 Å². The van der Waals surface area contributed by atoms with E-state index in [0.29, 0.717) is 17.1 Å². The third kappa shape index (κ3) is 2.29. The van der Waals surface area contributed by atoms with Gasteiger partial charge in [0.15, 0.2) is 0 Å². The van der Waals surface area contributed by atoms with Crippen LogP contribution in [0.5, 0.6) is 0 Å². The van der Waals surface area contributed by atoms with Crippen molar-refractivity contribution in [2.75, 3.05) is 5.32 Å². The second-order valence-electron chi connectivity index (χ2n) is 3.96. The van der Waals surface area contributed by atoms with Crippen LogP contribution < -0.4 is 5.32 Å².